The summed E-state index contributed by atoms with van der Waals surface area (Å²) in [7, 11) is 0. The molecule has 0 aromatic heterocycles. The fraction of sp³-hybridized carbons (Fsp3) is 0.500. The van der Waals surface area contributed by atoms with Gasteiger partial charge in [-0.25, -0.2) is 23.3 Å². The van der Waals surface area contributed by atoms with Gasteiger partial charge in [0, 0.05) is 0 Å². The first-order valence-electron chi connectivity index (χ1n) is 6.15. The SMILES string of the molecule is CC(C)C1=[C-]CC=C1.CC(C)C1=[C-]CC=C1.[Mn+2]. The normalized spacial score (nSPS) is 16.6. The quantitative estimate of drug-likeness (QED) is 0.505. The Morgan fingerprint density at radius 2 is 1.18 bits per heavy atom. The molecular weight excluding hydrogens is 247 g/mol. The Hall–Kier alpha value is -0.521. The first-order valence-corrected chi connectivity index (χ1v) is 6.15. The molecule has 0 unspecified atom stereocenters. The molecular formula is C16H22Mn. The maximum Gasteiger partial charge on any atom is 2.00 e. The van der Waals surface area contributed by atoms with Crippen molar-refractivity contribution in [1.29, 1.82) is 0 Å². The summed E-state index contributed by atoms with van der Waals surface area (Å²) in [6.07, 6.45) is 17.2. The van der Waals surface area contributed by atoms with Crippen LogP contribution in [0.2, 0.25) is 0 Å². The summed E-state index contributed by atoms with van der Waals surface area (Å²) in [6, 6.07) is 0. The average molecular weight is 269 g/mol. The van der Waals surface area contributed by atoms with Crippen LogP contribution in [0.25, 0.3) is 0 Å². The Bertz CT molecular complexity index is 293. The van der Waals surface area contributed by atoms with Gasteiger partial charge < -0.3 is 0 Å². The van der Waals surface area contributed by atoms with Gasteiger partial charge in [0.2, 0.25) is 0 Å². The summed E-state index contributed by atoms with van der Waals surface area (Å²) in [6.45, 7) is 8.77. The van der Waals surface area contributed by atoms with Crippen molar-refractivity contribution < 1.29 is 17.1 Å². The largest absolute Gasteiger partial charge is 2.00 e. The minimum absolute atomic E-state index is 0. The van der Waals surface area contributed by atoms with Gasteiger partial charge in [0.05, 0.1) is 0 Å². The van der Waals surface area contributed by atoms with Gasteiger partial charge in [0.25, 0.3) is 0 Å². The molecule has 0 saturated heterocycles. The van der Waals surface area contributed by atoms with Crippen LogP contribution in [-0.4, -0.2) is 0 Å². The molecule has 0 saturated carbocycles. The van der Waals surface area contributed by atoms with Crippen LogP contribution in [-0.2, 0) is 17.1 Å². The van der Waals surface area contributed by atoms with Gasteiger partial charge in [0.15, 0.2) is 0 Å². The monoisotopic (exact) mass is 269 g/mol. The smallest absolute Gasteiger partial charge is 0.269 e. The molecule has 0 amide bonds. The van der Waals surface area contributed by atoms with Crippen molar-refractivity contribution in [3.63, 3.8) is 0 Å². The minimum Gasteiger partial charge on any atom is -0.269 e. The summed E-state index contributed by atoms with van der Waals surface area (Å²) in [5, 5.41) is 0. The molecule has 93 valence electrons. The van der Waals surface area contributed by atoms with E-state index < -0.39 is 0 Å². The van der Waals surface area contributed by atoms with Gasteiger partial charge in [0.1, 0.15) is 0 Å². The summed E-state index contributed by atoms with van der Waals surface area (Å²) in [5.74, 6) is 1.32. The molecule has 0 aromatic rings. The topological polar surface area (TPSA) is 0 Å². The van der Waals surface area contributed by atoms with Crippen LogP contribution in [0, 0.1) is 24.0 Å². The summed E-state index contributed by atoms with van der Waals surface area (Å²) in [4.78, 5) is 0. The molecule has 0 nitrogen and oxygen atoms in total. The predicted octanol–water partition coefficient (Wildman–Crippen LogP) is 4.66. The van der Waals surface area contributed by atoms with E-state index in [4.69, 9.17) is 0 Å². The van der Waals surface area contributed by atoms with Crippen LogP contribution in [0.5, 0.6) is 0 Å². The van der Waals surface area contributed by atoms with E-state index >= 15 is 0 Å². The maximum atomic E-state index is 3.26. The predicted molar refractivity (Wildman–Crippen MR) is 70.7 cm³/mol. The van der Waals surface area contributed by atoms with E-state index in [9.17, 15) is 0 Å². The van der Waals surface area contributed by atoms with E-state index in [1.807, 2.05) is 0 Å². The second kappa shape index (κ2) is 8.55. The van der Waals surface area contributed by atoms with Crippen LogP contribution < -0.4 is 0 Å². The van der Waals surface area contributed by atoms with Crippen LogP contribution in [0.15, 0.2) is 35.5 Å². The van der Waals surface area contributed by atoms with Crippen molar-refractivity contribution in [2.45, 2.75) is 40.5 Å². The van der Waals surface area contributed by atoms with Gasteiger partial charge in [-0.1, -0.05) is 39.5 Å². The zero-order valence-corrected chi connectivity index (χ0v) is 12.4. The Morgan fingerprint density at radius 3 is 1.29 bits per heavy atom. The van der Waals surface area contributed by atoms with Crippen LogP contribution in [0.1, 0.15) is 40.5 Å². The Kier molecular flexibility index (Phi) is 8.29. The van der Waals surface area contributed by atoms with Crippen LogP contribution >= 0.6 is 0 Å². The molecule has 0 aliphatic heterocycles. The van der Waals surface area contributed by atoms with E-state index in [1.54, 1.807) is 0 Å². The van der Waals surface area contributed by atoms with Gasteiger partial charge >= 0.3 is 17.1 Å². The van der Waals surface area contributed by atoms with Gasteiger partial charge in [-0.15, -0.1) is 12.8 Å². The van der Waals surface area contributed by atoms with E-state index in [0.29, 0.717) is 11.8 Å². The molecule has 2 aliphatic rings. The van der Waals surface area contributed by atoms with E-state index in [2.05, 4.69) is 64.2 Å². The van der Waals surface area contributed by atoms with E-state index in [1.165, 1.54) is 11.1 Å². The van der Waals surface area contributed by atoms with E-state index in [0.717, 1.165) is 12.8 Å². The second-order valence-corrected chi connectivity index (χ2v) is 4.79. The third kappa shape index (κ3) is 6.10. The average Bonchev–Trinajstić information content (AvgIpc) is 2.93. The first-order chi connectivity index (χ1) is 7.61. The molecule has 2 rings (SSSR count). The van der Waals surface area contributed by atoms with Gasteiger partial charge in [-0.05, 0) is 0 Å². The van der Waals surface area contributed by atoms with Crippen molar-refractivity contribution in [3.8, 4) is 0 Å². The molecule has 0 atom stereocenters. The summed E-state index contributed by atoms with van der Waals surface area (Å²) < 4.78 is 0. The Labute approximate surface area is 117 Å². The molecule has 0 fully saturated rings. The molecule has 0 aromatic carbocycles. The molecule has 0 heterocycles. The maximum absolute atomic E-state index is 3.26. The van der Waals surface area contributed by atoms with Gasteiger partial charge in [-0.3, -0.25) is 12.2 Å². The van der Waals surface area contributed by atoms with Crippen molar-refractivity contribution in [2.24, 2.45) is 11.8 Å². The fourth-order valence-electron chi connectivity index (χ4n) is 1.64. The number of hydrogen-bond donors (Lipinski definition) is 0. The molecule has 17 heavy (non-hydrogen) atoms. The molecule has 0 spiro atoms. The molecule has 2 aliphatic carbocycles. The van der Waals surface area contributed by atoms with Crippen molar-refractivity contribution in [3.05, 3.63) is 47.6 Å². The third-order valence-electron chi connectivity index (χ3n) is 2.69. The minimum atomic E-state index is 0. The fourth-order valence-corrected chi connectivity index (χ4v) is 1.64. The standard InChI is InChI=1S/2C8H11.Mn/c2*1-7(2)8-5-3-4-6-8;/h2*3,5,7H,4H2,1-2H3;/q2*-1;+2. The first kappa shape index (κ1) is 16.5. The number of hydrogen-bond acceptors (Lipinski definition) is 0. The molecule has 0 N–H and O–H groups in total. The Balaban J connectivity index is 0.000000284. The number of rotatable bonds is 2. The summed E-state index contributed by atoms with van der Waals surface area (Å²) in [5.41, 5.74) is 2.73. The zero-order chi connectivity index (χ0) is 12.0. The molecule has 1 radical (unpaired) electrons. The van der Waals surface area contributed by atoms with Crippen molar-refractivity contribution in [1.82, 2.24) is 0 Å². The Morgan fingerprint density at radius 1 is 0.824 bits per heavy atom. The van der Waals surface area contributed by atoms with Gasteiger partial charge in [-0.2, -0.15) is 12.2 Å². The van der Waals surface area contributed by atoms with Crippen LogP contribution in [0.3, 0.4) is 0 Å². The van der Waals surface area contributed by atoms with Crippen molar-refractivity contribution in [2.75, 3.05) is 0 Å². The van der Waals surface area contributed by atoms with Crippen molar-refractivity contribution >= 4 is 0 Å². The third-order valence-corrected chi connectivity index (χ3v) is 2.69. The number of allylic oxidation sites excluding steroid dienone is 8. The molecule has 0 bridgehead atoms. The summed E-state index contributed by atoms with van der Waals surface area (Å²) >= 11 is 0. The molecule has 1 heteroatoms. The van der Waals surface area contributed by atoms with E-state index in [-0.39, 0.29) is 17.1 Å². The zero-order valence-electron chi connectivity index (χ0n) is 11.3. The second-order valence-electron chi connectivity index (χ2n) is 4.79. The van der Waals surface area contributed by atoms with Crippen LogP contribution in [0.4, 0.5) is 0 Å².